The SMILES string of the molecule is Cc1c(C(=O)N2CCC3CCC(C2)N3)cnn1-c1cccc(C(F)(F)F)c1.Cl. The number of alkyl halides is 3. The van der Waals surface area contributed by atoms with Gasteiger partial charge in [0.1, 0.15) is 0 Å². The minimum Gasteiger partial charge on any atom is -0.337 e. The molecule has 1 amide bonds. The van der Waals surface area contributed by atoms with Crippen molar-refractivity contribution >= 4 is 18.3 Å². The van der Waals surface area contributed by atoms with E-state index in [4.69, 9.17) is 0 Å². The highest BCUT2D eigenvalue weighted by Crippen LogP contribution is 2.30. The number of likely N-dealkylation sites (tertiary alicyclic amines) is 1. The predicted molar refractivity (Wildman–Crippen MR) is 101 cm³/mol. The number of carbonyl (C=O) groups is 1. The first kappa shape index (κ1) is 20.7. The lowest BCUT2D eigenvalue weighted by molar-refractivity contribution is -0.137. The molecule has 2 atom stereocenters. The van der Waals surface area contributed by atoms with Crippen LogP contribution in [-0.4, -0.2) is 45.8 Å². The molecule has 28 heavy (non-hydrogen) atoms. The maximum atomic E-state index is 13.0. The van der Waals surface area contributed by atoms with Crippen molar-refractivity contribution < 1.29 is 18.0 Å². The molecule has 0 radical (unpaired) electrons. The highest BCUT2D eigenvalue weighted by Gasteiger charge is 2.33. The number of nitrogens with zero attached hydrogens (tertiary/aromatic N) is 3. The molecule has 1 aromatic heterocycles. The third-order valence-corrected chi connectivity index (χ3v) is 5.47. The largest absolute Gasteiger partial charge is 0.416 e. The van der Waals surface area contributed by atoms with Gasteiger partial charge in [0.2, 0.25) is 0 Å². The summed E-state index contributed by atoms with van der Waals surface area (Å²) < 4.78 is 40.3. The summed E-state index contributed by atoms with van der Waals surface area (Å²) in [6.45, 7) is 3.05. The highest BCUT2D eigenvalue weighted by molar-refractivity contribution is 5.95. The second-order valence-electron chi connectivity index (χ2n) is 7.28. The second kappa shape index (κ2) is 7.75. The van der Waals surface area contributed by atoms with Crippen molar-refractivity contribution in [2.45, 2.75) is 44.4 Å². The molecular formula is C19H22ClF3N4O. The number of carbonyl (C=O) groups excluding carboxylic acids is 1. The third-order valence-electron chi connectivity index (χ3n) is 5.47. The zero-order valence-electron chi connectivity index (χ0n) is 15.4. The molecule has 4 rings (SSSR count). The first-order chi connectivity index (χ1) is 12.8. The minimum atomic E-state index is -4.42. The molecule has 1 N–H and O–H groups in total. The van der Waals surface area contributed by atoms with Crippen LogP contribution in [0.2, 0.25) is 0 Å². The van der Waals surface area contributed by atoms with E-state index >= 15 is 0 Å². The Bertz CT molecular complexity index is 867. The van der Waals surface area contributed by atoms with Crippen molar-refractivity contribution in [1.29, 1.82) is 0 Å². The van der Waals surface area contributed by atoms with Gasteiger partial charge >= 0.3 is 6.18 Å². The van der Waals surface area contributed by atoms with Gasteiger partial charge in [0.15, 0.2) is 0 Å². The molecular weight excluding hydrogens is 393 g/mol. The van der Waals surface area contributed by atoms with Crippen molar-refractivity contribution in [1.82, 2.24) is 20.0 Å². The fourth-order valence-corrected chi connectivity index (χ4v) is 3.99. The molecule has 2 bridgehead atoms. The van der Waals surface area contributed by atoms with Gasteiger partial charge < -0.3 is 10.2 Å². The molecule has 0 saturated carbocycles. The van der Waals surface area contributed by atoms with Crippen LogP contribution in [0.3, 0.4) is 0 Å². The maximum Gasteiger partial charge on any atom is 0.416 e. The van der Waals surface area contributed by atoms with E-state index in [1.54, 1.807) is 13.0 Å². The Balaban J connectivity index is 0.00000225. The molecule has 5 nitrogen and oxygen atoms in total. The van der Waals surface area contributed by atoms with Crippen molar-refractivity contribution in [3.63, 3.8) is 0 Å². The van der Waals surface area contributed by atoms with Crippen LogP contribution < -0.4 is 5.32 Å². The Morgan fingerprint density at radius 2 is 1.96 bits per heavy atom. The van der Waals surface area contributed by atoms with Crippen molar-refractivity contribution in [2.75, 3.05) is 13.1 Å². The van der Waals surface area contributed by atoms with Crippen LogP contribution in [0.15, 0.2) is 30.5 Å². The normalized spacial score (nSPS) is 21.9. The van der Waals surface area contributed by atoms with Gasteiger partial charge in [-0.25, -0.2) is 4.68 Å². The molecule has 3 heterocycles. The van der Waals surface area contributed by atoms with E-state index in [-0.39, 0.29) is 24.0 Å². The summed E-state index contributed by atoms with van der Waals surface area (Å²) in [6, 6.07) is 5.76. The zero-order valence-corrected chi connectivity index (χ0v) is 16.2. The smallest absolute Gasteiger partial charge is 0.337 e. The van der Waals surface area contributed by atoms with Gasteiger partial charge in [0, 0.05) is 25.2 Å². The van der Waals surface area contributed by atoms with Gasteiger partial charge in [-0.15, -0.1) is 12.4 Å². The molecule has 2 aromatic rings. The van der Waals surface area contributed by atoms with Crippen molar-refractivity contribution in [3.8, 4) is 5.69 Å². The minimum absolute atomic E-state index is 0. The second-order valence-corrected chi connectivity index (χ2v) is 7.28. The van der Waals surface area contributed by atoms with Crippen molar-refractivity contribution in [2.24, 2.45) is 0 Å². The van der Waals surface area contributed by atoms with E-state index in [0.29, 0.717) is 36.4 Å². The van der Waals surface area contributed by atoms with E-state index in [1.807, 2.05) is 4.90 Å². The van der Waals surface area contributed by atoms with E-state index in [1.165, 1.54) is 16.9 Å². The first-order valence-corrected chi connectivity index (χ1v) is 9.10. The number of benzene rings is 1. The summed E-state index contributed by atoms with van der Waals surface area (Å²) in [4.78, 5) is 14.8. The fourth-order valence-electron chi connectivity index (χ4n) is 3.99. The van der Waals surface area contributed by atoms with Crippen LogP contribution in [0, 0.1) is 6.92 Å². The van der Waals surface area contributed by atoms with Crippen LogP contribution in [0.5, 0.6) is 0 Å². The van der Waals surface area contributed by atoms with Crippen LogP contribution >= 0.6 is 12.4 Å². The number of amides is 1. The Morgan fingerprint density at radius 1 is 1.21 bits per heavy atom. The van der Waals surface area contributed by atoms with Crippen LogP contribution in [0.25, 0.3) is 5.69 Å². The number of hydrogen-bond acceptors (Lipinski definition) is 3. The summed E-state index contributed by atoms with van der Waals surface area (Å²) in [7, 11) is 0. The Kier molecular flexibility index (Phi) is 5.72. The summed E-state index contributed by atoms with van der Waals surface area (Å²) in [5.74, 6) is -0.111. The number of aromatic nitrogens is 2. The van der Waals surface area contributed by atoms with Crippen LogP contribution in [0.1, 0.15) is 40.9 Å². The van der Waals surface area contributed by atoms with Gasteiger partial charge in [-0.2, -0.15) is 18.3 Å². The molecule has 2 aliphatic rings. The van der Waals surface area contributed by atoms with Gasteiger partial charge in [-0.1, -0.05) is 6.07 Å². The standard InChI is InChI=1S/C19H21F3N4O.ClH/c1-12-17(18(27)25-8-7-14-5-6-15(11-25)24-14)10-23-26(12)16-4-2-3-13(9-16)19(20,21)22;/h2-4,9-10,14-15,24H,5-8,11H2,1H3;1H. The number of rotatable bonds is 2. The average molecular weight is 415 g/mol. The highest BCUT2D eigenvalue weighted by atomic mass is 35.5. The molecule has 2 aliphatic heterocycles. The summed E-state index contributed by atoms with van der Waals surface area (Å²) in [5.41, 5.74) is 0.530. The molecule has 2 unspecified atom stereocenters. The Hall–Kier alpha value is -2.06. The molecule has 152 valence electrons. The van der Waals surface area contributed by atoms with E-state index in [2.05, 4.69) is 10.4 Å². The summed E-state index contributed by atoms with van der Waals surface area (Å²) in [5, 5.41) is 7.72. The monoisotopic (exact) mass is 414 g/mol. The summed E-state index contributed by atoms with van der Waals surface area (Å²) >= 11 is 0. The Morgan fingerprint density at radius 3 is 2.71 bits per heavy atom. The third kappa shape index (κ3) is 3.89. The van der Waals surface area contributed by atoms with E-state index < -0.39 is 11.7 Å². The number of halogens is 4. The van der Waals surface area contributed by atoms with Gasteiger partial charge in [-0.3, -0.25) is 4.79 Å². The molecule has 9 heteroatoms. The first-order valence-electron chi connectivity index (χ1n) is 9.10. The van der Waals surface area contributed by atoms with Crippen molar-refractivity contribution in [3.05, 3.63) is 47.3 Å². The average Bonchev–Trinajstić information content (AvgIpc) is 3.16. The van der Waals surface area contributed by atoms with E-state index in [9.17, 15) is 18.0 Å². The topological polar surface area (TPSA) is 50.2 Å². The predicted octanol–water partition coefficient (Wildman–Crippen LogP) is 3.59. The van der Waals surface area contributed by atoms with Crippen LogP contribution in [-0.2, 0) is 6.18 Å². The lowest BCUT2D eigenvalue weighted by Crippen LogP contribution is -2.39. The number of hydrogen-bond donors (Lipinski definition) is 1. The summed E-state index contributed by atoms with van der Waals surface area (Å²) in [6.07, 6.45) is 0.168. The maximum absolute atomic E-state index is 13.0. The molecule has 2 saturated heterocycles. The zero-order chi connectivity index (χ0) is 19.2. The lowest BCUT2D eigenvalue weighted by Gasteiger charge is -2.24. The van der Waals surface area contributed by atoms with Gasteiger partial charge in [-0.05, 0) is 44.4 Å². The molecule has 0 aliphatic carbocycles. The number of fused-ring (bicyclic) bond motifs is 2. The fraction of sp³-hybridized carbons (Fsp3) is 0.474. The molecule has 0 spiro atoms. The van der Waals surface area contributed by atoms with E-state index in [0.717, 1.165) is 31.4 Å². The quantitative estimate of drug-likeness (QED) is 0.817. The number of nitrogens with one attached hydrogen (secondary N) is 1. The molecule has 1 aromatic carbocycles. The molecule has 2 fully saturated rings. The van der Waals surface area contributed by atoms with Gasteiger partial charge in [0.25, 0.3) is 5.91 Å². The van der Waals surface area contributed by atoms with Crippen LogP contribution in [0.4, 0.5) is 13.2 Å². The van der Waals surface area contributed by atoms with Gasteiger partial charge in [0.05, 0.1) is 28.7 Å². The lowest BCUT2D eigenvalue weighted by atomic mass is 10.1. The Labute approximate surface area is 167 Å².